The Kier molecular flexibility index (Phi) is 6.91. The number of ether oxygens (including phenoxy) is 2. The molecule has 0 saturated carbocycles. The number of hydrogen-bond donors (Lipinski definition) is 1. The van der Waals surface area contributed by atoms with E-state index < -0.39 is 11.0 Å². The van der Waals surface area contributed by atoms with E-state index in [9.17, 15) is 14.9 Å². The molecule has 8 nitrogen and oxygen atoms in total. The Bertz CT molecular complexity index is 899. The zero-order chi connectivity index (χ0) is 21.8. The molecule has 0 spiro atoms. The molecule has 1 atom stereocenters. The summed E-state index contributed by atoms with van der Waals surface area (Å²) in [5, 5.41) is 15.6. The molecular weight excluding hydrogens is 406 g/mol. The highest BCUT2D eigenvalue weighted by Gasteiger charge is 2.40. The number of nitrogens with one attached hydrogen (secondary N) is 1. The highest BCUT2D eigenvalue weighted by molar-refractivity contribution is 7.80. The van der Waals surface area contributed by atoms with Crippen LogP contribution >= 0.6 is 12.2 Å². The fraction of sp³-hybridized carbons (Fsp3) is 0.524. The van der Waals surface area contributed by atoms with Gasteiger partial charge in [-0.15, -0.1) is 0 Å². The van der Waals surface area contributed by atoms with E-state index in [4.69, 9.17) is 21.7 Å². The van der Waals surface area contributed by atoms with Crippen molar-refractivity contribution < 1.29 is 19.2 Å². The van der Waals surface area contributed by atoms with Crippen LogP contribution in [0.4, 0.5) is 5.69 Å². The number of carbonyl (C=O) groups excluding carboxylic acids is 1. The van der Waals surface area contributed by atoms with Gasteiger partial charge in [-0.05, 0) is 44.0 Å². The van der Waals surface area contributed by atoms with Gasteiger partial charge in [0.15, 0.2) is 22.4 Å². The second-order valence-electron chi connectivity index (χ2n) is 7.34. The predicted molar refractivity (Wildman–Crippen MR) is 117 cm³/mol. The molecule has 1 unspecified atom stereocenters. The molecule has 1 aromatic carbocycles. The molecule has 0 aromatic heterocycles. The number of hydrogen-bond acceptors (Lipinski definition) is 6. The van der Waals surface area contributed by atoms with Crippen molar-refractivity contribution in [3.63, 3.8) is 0 Å². The van der Waals surface area contributed by atoms with Gasteiger partial charge in [0, 0.05) is 24.2 Å². The highest BCUT2D eigenvalue weighted by atomic mass is 32.1. The van der Waals surface area contributed by atoms with E-state index in [2.05, 4.69) is 5.32 Å². The number of ketones is 1. The van der Waals surface area contributed by atoms with Gasteiger partial charge in [0.25, 0.3) is 5.69 Å². The summed E-state index contributed by atoms with van der Waals surface area (Å²) in [6.45, 7) is 5.16. The molecule has 0 bridgehead atoms. The van der Waals surface area contributed by atoms with Gasteiger partial charge < -0.3 is 19.7 Å². The maximum atomic E-state index is 12.9. The first-order chi connectivity index (χ1) is 14.4. The van der Waals surface area contributed by atoms with Gasteiger partial charge in [-0.2, -0.15) is 0 Å². The molecule has 0 radical (unpaired) electrons. The van der Waals surface area contributed by atoms with Crippen molar-refractivity contribution in [1.82, 2.24) is 10.2 Å². The molecule has 1 aromatic rings. The quantitative estimate of drug-likeness (QED) is 0.373. The summed E-state index contributed by atoms with van der Waals surface area (Å²) >= 11 is 5.58. The van der Waals surface area contributed by atoms with Gasteiger partial charge in [0.05, 0.1) is 36.3 Å². The van der Waals surface area contributed by atoms with Crippen LogP contribution in [0.3, 0.4) is 0 Å². The Hall–Kier alpha value is -2.68. The largest absolute Gasteiger partial charge is 0.493 e. The number of thiocarbonyl (C=S) groups is 1. The first-order valence-electron chi connectivity index (χ1n) is 10.3. The van der Waals surface area contributed by atoms with E-state index in [-0.39, 0.29) is 17.2 Å². The van der Waals surface area contributed by atoms with Crippen LogP contribution in [0.25, 0.3) is 0 Å². The second kappa shape index (κ2) is 9.42. The number of allylic oxidation sites excluding steroid dienone is 1. The third-order valence-corrected chi connectivity index (χ3v) is 5.62. The molecule has 0 fully saturated rings. The summed E-state index contributed by atoms with van der Waals surface area (Å²) in [6, 6.07) is 2.27. The lowest BCUT2D eigenvalue weighted by atomic mass is 9.84. The number of carbonyl (C=O) groups is 1. The average Bonchev–Trinajstić information content (AvgIpc) is 2.73. The smallest absolute Gasteiger partial charge is 0.279 e. The molecule has 162 valence electrons. The maximum Gasteiger partial charge on any atom is 0.279 e. The highest BCUT2D eigenvalue weighted by Crippen LogP contribution is 2.44. The summed E-state index contributed by atoms with van der Waals surface area (Å²) in [4.78, 5) is 26.3. The van der Waals surface area contributed by atoms with Crippen LogP contribution in [-0.4, -0.2) is 41.0 Å². The molecule has 1 aliphatic carbocycles. The lowest BCUT2D eigenvalue weighted by Gasteiger charge is -2.40. The molecule has 30 heavy (non-hydrogen) atoms. The summed E-state index contributed by atoms with van der Waals surface area (Å²) in [5.41, 5.74) is 1.67. The number of rotatable bonds is 8. The normalized spacial score (nSPS) is 18.8. The average molecular weight is 434 g/mol. The third kappa shape index (κ3) is 4.12. The molecule has 2 aliphatic rings. The molecular formula is C21H27N3O5S. The Balaban J connectivity index is 2.19. The van der Waals surface area contributed by atoms with Gasteiger partial charge in [-0.3, -0.25) is 14.9 Å². The minimum absolute atomic E-state index is 0.00139. The molecule has 3 rings (SSSR count). The zero-order valence-corrected chi connectivity index (χ0v) is 18.3. The van der Waals surface area contributed by atoms with Crippen molar-refractivity contribution in [2.24, 2.45) is 0 Å². The second-order valence-corrected chi connectivity index (χ2v) is 7.73. The summed E-state index contributed by atoms with van der Waals surface area (Å²) in [5.74, 6) is 0.696. The summed E-state index contributed by atoms with van der Waals surface area (Å²) < 4.78 is 11.1. The minimum Gasteiger partial charge on any atom is -0.493 e. The number of nitrogens with zero attached hydrogens (tertiary/aromatic N) is 2. The van der Waals surface area contributed by atoms with Crippen LogP contribution in [0.1, 0.15) is 57.6 Å². The van der Waals surface area contributed by atoms with E-state index in [1.54, 1.807) is 6.07 Å². The topological polar surface area (TPSA) is 93.9 Å². The fourth-order valence-electron chi connectivity index (χ4n) is 3.98. The van der Waals surface area contributed by atoms with Gasteiger partial charge in [0.2, 0.25) is 0 Å². The van der Waals surface area contributed by atoms with Gasteiger partial charge >= 0.3 is 0 Å². The first-order valence-corrected chi connectivity index (χ1v) is 10.7. The lowest BCUT2D eigenvalue weighted by molar-refractivity contribution is -0.385. The number of benzene rings is 1. The maximum absolute atomic E-state index is 12.9. The van der Waals surface area contributed by atoms with Crippen LogP contribution in [0.15, 0.2) is 23.4 Å². The molecule has 1 heterocycles. The van der Waals surface area contributed by atoms with Crippen molar-refractivity contribution in [2.45, 2.75) is 52.0 Å². The van der Waals surface area contributed by atoms with E-state index in [1.807, 2.05) is 18.7 Å². The monoisotopic (exact) mass is 433 g/mol. The van der Waals surface area contributed by atoms with E-state index in [0.717, 1.165) is 31.4 Å². The van der Waals surface area contributed by atoms with Crippen molar-refractivity contribution >= 4 is 28.8 Å². The number of Topliss-reactive ketones (excluding diaryl/α,β-unsaturated/α-hetero) is 1. The minimum atomic E-state index is -0.691. The Morgan fingerprint density at radius 2 is 2.03 bits per heavy atom. The van der Waals surface area contributed by atoms with Gasteiger partial charge in [-0.25, -0.2) is 0 Å². The van der Waals surface area contributed by atoms with Crippen LogP contribution in [0.2, 0.25) is 0 Å². The van der Waals surface area contributed by atoms with Crippen molar-refractivity contribution in [3.8, 4) is 11.5 Å². The standard InChI is InChI=1S/C21H27N3O5S/c1-4-9-23-14-7-6-8-16(25)19(14)20(22-21(23)30)13-11-18(29-10-5-2)17(28-3)12-15(13)24(26)27/h11-12,20H,4-10H2,1-3H3,(H,22,30). The molecule has 0 amide bonds. The zero-order valence-electron chi connectivity index (χ0n) is 17.5. The van der Waals surface area contributed by atoms with Crippen LogP contribution < -0.4 is 14.8 Å². The molecule has 9 heteroatoms. The number of methoxy groups -OCH3 is 1. The Morgan fingerprint density at radius 1 is 1.27 bits per heavy atom. The summed E-state index contributed by atoms with van der Waals surface area (Å²) in [7, 11) is 1.44. The fourth-order valence-corrected chi connectivity index (χ4v) is 4.30. The van der Waals surface area contributed by atoms with Crippen LogP contribution in [0.5, 0.6) is 11.5 Å². The SMILES string of the molecule is CCCOc1cc(C2NC(=S)N(CCC)C3=C2C(=O)CCC3)c([N+](=O)[O-])cc1OC. The molecule has 1 aliphatic heterocycles. The Morgan fingerprint density at radius 3 is 2.67 bits per heavy atom. The van der Waals surface area contributed by atoms with E-state index >= 15 is 0 Å². The third-order valence-electron chi connectivity index (χ3n) is 5.29. The predicted octanol–water partition coefficient (Wildman–Crippen LogP) is 4.04. The number of nitro groups is 1. The summed E-state index contributed by atoms with van der Waals surface area (Å²) in [6.07, 6.45) is 3.55. The van der Waals surface area contributed by atoms with E-state index in [1.165, 1.54) is 13.2 Å². The Labute approximate surface area is 181 Å². The first kappa shape index (κ1) is 22.0. The number of nitro benzene ring substituents is 1. The van der Waals surface area contributed by atoms with Crippen LogP contribution in [0, 0.1) is 10.1 Å². The molecule has 0 saturated heterocycles. The van der Waals surface area contributed by atoms with Crippen molar-refractivity contribution in [2.75, 3.05) is 20.3 Å². The lowest BCUT2D eigenvalue weighted by Crippen LogP contribution is -2.49. The van der Waals surface area contributed by atoms with Gasteiger partial charge in [0.1, 0.15) is 0 Å². The molecule has 1 N–H and O–H groups in total. The van der Waals surface area contributed by atoms with Crippen LogP contribution in [-0.2, 0) is 4.79 Å². The van der Waals surface area contributed by atoms with Crippen molar-refractivity contribution in [1.29, 1.82) is 0 Å². The van der Waals surface area contributed by atoms with Crippen molar-refractivity contribution in [3.05, 3.63) is 39.1 Å². The van der Waals surface area contributed by atoms with E-state index in [0.29, 0.717) is 41.6 Å². The van der Waals surface area contributed by atoms with Gasteiger partial charge in [-0.1, -0.05) is 13.8 Å².